The van der Waals surface area contributed by atoms with Crippen LogP contribution in [0.5, 0.6) is 0 Å². The van der Waals surface area contributed by atoms with E-state index in [1.54, 1.807) is 0 Å². The monoisotopic (exact) mass is 357 g/mol. The standard InChI is InChI=1S/C20H27N3OS/c1-11-8-12(2)22-17-14(11)15(21)16(25-17)18(24)23-7-6-20(5)9-13(23)19(3,4)10-20/h8,13H,6-7,9-10,21H2,1-5H3. The lowest BCUT2D eigenvalue weighted by atomic mass is 9.81. The number of aromatic nitrogens is 1. The summed E-state index contributed by atoms with van der Waals surface area (Å²) in [6.45, 7) is 11.8. The molecule has 0 aromatic carbocycles. The Morgan fingerprint density at radius 3 is 2.80 bits per heavy atom. The van der Waals surface area contributed by atoms with Crippen molar-refractivity contribution in [3.05, 3.63) is 22.2 Å². The second kappa shape index (κ2) is 5.19. The third-order valence-corrected chi connectivity index (χ3v) is 7.37. The van der Waals surface area contributed by atoms with Gasteiger partial charge in [-0.3, -0.25) is 4.79 Å². The summed E-state index contributed by atoms with van der Waals surface area (Å²) in [5.41, 5.74) is 9.63. The summed E-state index contributed by atoms with van der Waals surface area (Å²) < 4.78 is 0. The normalized spacial score (nSPS) is 27.9. The fraction of sp³-hybridized carbons (Fsp3) is 0.600. The predicted molar refractivity (Wildman–Crippen MR) is 104 cm³/mol. The lowest BCUT2D eigenvalue weighted by Gasteiger charge is -2.40. The number of amides is 1. The van der Waals surface area contributed by atoms with Gasteiger partial charge in [0.2, 0.25) is 0 Å². The summed E-state index contributed by atoms with van der Waals surface area (Å²) in [5, 5.41) is 0.950. The third kappa shape index (κ3) is 2.47. The molecule has 25 heavy (non-hydrogen) atoms. The van der Waals surface area contributed by atoms with Gasteiger partial charge in [-0.05, 0) is 55.6 Å². The Kier molecular flexibility index (Phi) is 3.50. The zero-order chi connectivity index (χ0) is 18.1. The van der Waals surface area contributed by atoms with Crippen molar-refractivity contribution in [2.45, 2.75) is 59.9 Å². The Morgan fingerprint density at radius 1 is 1.36 bits per heavy atom. The number of nitrogens with two attached hydrogens (primary N) is 1. The molecule has 2 atom stereocenters. The molecule has 1 aliphatic carbocycles. The minimum atomic E-state index is 0.0968. The molecule has 1 saturated carbocycles. The van der Waals surface area contributed by atoms with Gasteiger partial charge in [0.05, 0.1) is 5.69 Å². The number of carbonyl (C=O) groups excluding carboxylic acids is 1. The quantitative estimate of drug-likeness (QED) is 0.815. The van der Waals surface area contributed by atoms with Crippen LogP contribution >= 0.6 is 11.3 Å². The fourth-order valence-electron chi connectivity index (χ4n) is 5.30. The van der Waals surface area contributed by atoms with Crippen LogP contribution in [0.2, 0.25) is 0 Å². The van der Waals surface area contributed by atoms with Crippen molar-refractivity contribution in [2.24, 2.45) is 10.8 Å². The van der Waals surface area contributed by atoms with Crippen LogP contribution in [0.15, 0.2) is 6.07 Å². The van der Waals surface area contributed by atoms with E-state index in [0.717, 1.165) is 40.9 Å². The second-order valence-corrected chi connectivity index (χ2v) is 10.0. The fourth-order valence-corrected chi connectivity index (χ4v) is 6.48. The van der Waals surface area contributed by atoms with Gasteiger partial charge in [0.25, 0.3) is 5.91 Å². The number of fused-ring (bicyclic) bond motifs is 3. The van der Waals surface area contributed by atoms with Gasteiger partial charge in [-0.25, -0.2) is 4.98 Å². The molecule has 1 saturated heterocycles. The average molecular weight is 358 g/mol. The molecule has 2 N–H and O–H groups in total. The van der Waals surface area contributed by atoms with E-state index in [1.807, 2.05) is 19.9 Å². The summed E-state index contributed by atoms with van der Waals surface area (Å²) in [7, 11) is 0. The molecule has 2 fully saturated rings. The van der Waals surface area contributed by atoms with Gasteiger partial charge in [0, 0.05) is 23.7 Å². The Morgan fingerprint density at radius 2 is 2.08 bits per heavy atom. The first-order valence-corrected chi connectivity index (χ1v) is 9.90. The number of likely N-dealkylation sites (tertiary alicyclic amines) is 1. The minimum Gasteiger partial charge on any atom is -0.397 e. The van der Waals surface area contributed by atoms with E-state index < -0.39 is 0 Å². The smallest absolute Gasteiger partial charge is 0.266 e. The zero-order valence-electron chi connectivity index (χ0n) is 15.8. The van der Waals surface area contributed by atoms with Gasteiger partial charge in [0.15, 0.2) is 0 Å². The molecule has 134 valence electrons. The number of nitrogens with zero attached hydrogens (tertiary/aromatic N) is 2. The summed E-state index contributed by atoms with van der Waals surface area (Å²) >= 11 is 1.45. The van der Waals surface area contributed by atoms with E-state index in [1.165, 1.54) is 17.8 Å². The van der Waals surface area contributed by atoms with E-state index >= 15 is 0 Å². The number of hydrogen-bond acceptors (Lipinski definition) is 4. The summed E-state index contributed by atoms with van der Waals surface area (Å²) in [6.07, 6.45) is 3.38. The largest absolute Gasteiger partial charge is 0.397 e. The number of thiophene rings is 1. The lowest BCUT2D eigenvalue weighted by molar-refractivity contribution is 0.0480. The van der Waals surface area contributed by atoms with Crippen molar-refractivity contribution in [3.8, 4) is 0 Å². The van der Waals surface area contributed by atoms with Crippen LogP contribution in [0, 0.1) is 24.7 Å². The van der Waals surface area contributed by atoms with Gasteiger partial charge in [-0.15, -0.1) is 11.3 Å². The molecule has 1 aliphatic heterocycles. The first kappa shape index (κ1) is 16.8. The van der Waals surface area contributed by atoms with Gasteiger partial charge >= 0.3 is 0 Å². The number of nitrogen functional groups attached to an aromatic ring is 1. The number of rotatable bonds is 1. The van der Waals surface area contributed by atoms with Crippen LogP contribution in [0.3, 0.4) is 0 Å². The predicted octanol–water partition coefficient (Wildman–Crippen LogP) is 4.54. The third-order valence-electron chi connectivity index (χ3n) is 6.28. The minimum absolute atomic E-state index is 0.0968. The molecule has 5 heteroatoms. The van der Waals surface area contributed by atoms with Gasteiger partial charge in [-0.2, -0.15) is 0 Å². The maximum atomic E-state index is 13.4. The number of pyridine rings is 1. The Labute approximate surface area is 153 Å². The molecule has 3 heterocycles. The van der Waals surface area contributed by atoms with Crippen molar-refractivity contribution in [1.82, 2.24) is 9.88 Å². The van der Waals surface area contributed by atoms with Crippen molar-refractivity contribution < 1.29 is 4.79 Å². The molecule has 2 aromatic rings. The van der Waals surface area contributed by atoms with Crippen LogP contribution < -0.4 is 5.73 Å². The highest BCUT2D eigenvalue weighted by atomic mass is 32.1. The molecule has 2 aliphatic rings. The molecular formula is C20H27N3OS. The highest BCUT2D eigenvalue weighted by molar-refractivity contribution is 7.21. The van der Waals surface area contributed by atoms with Gasteiger partial charge in [0.1, 0.15) is 9.71 Å². The number of hydrogen-bond donors (Lipinski definition) is 1. The Hall–Kier alpha value is -1.62. The van der Waals surface area contributed by atoms with Crippen molar-refractivity contribution in [2.75, 3.05) is 12.3 Å². The molecule has 4 nitrogen and oxygen atoms in total. The van der Waals surface area contributed by atoms with E-state index in [-0.39, 0.29) is 11.3 Å². The van der Waals surface area contributed by atoms with Crippen LogP contribution in [-0.4, -0.2) is 28.4 Å². The molecular weight excluding hydrogens is 330 g/mol. The van der Waals surface area contributed by atoms with E-state index in [4.69, 9.17) is 5.73 Å². The molecule has 0 radical (unpaired) electrons. The average Bonchev–Trinajstić information content (AvgIpc) is 2.91. The Balaban J connectivity index is 1.76. The van der Waals surface area contributed by atoms with E-state index in [2.05, 4.69) is 30.7 Å². The highest BCUT2D eigenvalue weighted by Crippen LogP contribution is 2.56. The first-order chi connectivity index (χ1) is 11.6. The summed E-state index contributed by atoms with van der Waals surface area (Å²) in [4.78, 5) is 21.6. The van der Waals surface area contributed by atoms with Crippen LogP contribution in [0.1, 0.15) is 61.0 Å². The Bertz CT molecular complexity index is 885. The lowest BCUT2D eigenvalue weighted by Crippen LogP contribution is -2.48. The maximum Gasteiger partial charge on any atom is 0.266 e. The van der Waals surface area contributed by atoms with Gasteiger partial charge < -0.3 is 10.6 Å². The molecule has 2 aromatic heterocycles. The first-order valence-electron chi connectivity index (χ1n) is 9.08. The summed E-state index contributed by atoms with van der Waals surface area (Å²) in [6, 6.07) is 2.34. The molecule has 1 amide bonds. The van der Waals surface area contributed by atoms with Crippen LogP contribution in [0.25, 0.3) is 10.2 Å². The molecule has 2 unspecified atom stereocenters. The molecule has 2 bridgehead atoms. The van der Waals surface area contributed by atoms with Crippen LogP contribution in [-0.2, 0) is 0 Å². The molecule has 0 spiro atoms. The topological polar surface area (TPSA) is 59.2 Å². The van der Waals surface area contributed by atoms with Crippen molar-refractivity contribution in [3.63, 3.8) is 0 Å². The summed E-state index contributed by atoms with van der Waals surface area (Å²) in [5.74, 6) is 0.0968. The van der Waals surface area contributed by atoms with E-state index in [9.17, 15) is 4.79 Å². The van der Waals surface area contributed by atoms with E-state index in [0.29, 0.717) is 22.0 Å². The second-order valence-electron chi connectivity index (χ2n) is 9.05. The zero-order valence-corrected chi connectivity index (χ0v) is 16.6. The van der Waals surface area contributed by atoms with Crippen LogP contribution in [0.4, 0.5) is 5.69 Å². The SMILES string of the molecule is Cc1cc(C)c2c(N)c(C(=O)N3CCC4(C)CC3C(C)(C)C4)sc2n1. The van der Waals surface area contributed by atoms with Gasteiger partial charge in [-0.1, -0.05) is 20.8 Å². The number of anilines is 1. The maximum absolute atomic E-state index is 13.4. The number of piperidine rings is 1. The molecule has 4 rings (SSSR count). The van der Waals surface area contributed by atoms with Crippen molar-refractivity contribution in [1.29, 1.82) is 0 Å². The number of aryl methyl sites for hydroxylation is 2. The van der Waals surface area contributed by atoms with Crippen molar-refractivity contribution >= 4 is 33.1 Å². The number of carbonyl (C=O) groups is 1. The highest BCUT2D eigenvalue weighted by Gasteiger charge is 2.53.